The zero-order valence-electron chi connectivity index (χ0n) is 8.44. The van der Waals surface area contributed by atoms with Crippen molar-refractivity contribution >= 4 is 32.6 Å². The second-order valence-corrected chi connectivity index (χ2v) is 4.98. The summed E-state index contributed by atoms with van der Waals surface area (Å²) in [5.41, 5.74) is 2.01. The number of fused-ring (bicyclic) bond motifs is 3. The highest BCUT2D eigenvalue weighted by Crippen LogP contribution is 2.32. The number of ketones is 1. The molecule has 0 unspecified atom stereocenters. The van der Waals surface area contributed by atoms with Crippen molar-refractivity contribution in [1.29, 1.82) is 0 Å². The number of aromatic nitrogens is 1. The van der Waals surface area contributed by atoms with Crippen molar-refractivity contribution in [3.63, 3.8) is 0 Å². The van der Waals surface area contributed by atoms with Crippen LogP contribution in [0.2, 0.25) is 0 Å². The maximum atomic E-state index is 13.7. The van der Waals surface area contributed by atoms with Crippen LogP contribution in [0.25, 0.3) is 10.9 Å². The Balaban J connectivity index is 2.40. The Hall–Kier alpha value is -1.16. The first-order valence-electron chi connectivity index (χ1n) is 5.19. The molecule has 1 aromatic carbocycles. The van der Waals surface area contributed by atoms with Crippen LogP contribution in [0.1, 0.15) is 28.9 Å². The lowest BCUT2D eigenvalue weighted by Crippen LogP contribution is -2.09. The van der Waals surface area contributed by atoms with Crippen LogP contribution in [0.5, 0.6) is 0 Å². The first-order chi connectivity index (χ1) is 7.66. The van der Waals surface area contributed by atoms with E-state index < -0.39 is 0 Å². The van der Waals surface area contributed by atoms with E-state index in [-0.39, 0.29) is 11.6 Å². The summed E-state index contributed by atoms with van der Waals surface area (Å²) < 4.78 is 14.4. The summed E-state index contributed by atoms with van der Waals surface area (Å²) in [5, 5.41) is 0.829. The molecular formula is C12H9BrFNO. The van der Waals surface area contributed by atoms with E-state index in [0.29, 0.717) is 22.1 Å². The van der Waals surface area contributed by atoms with E-state index >= 15 is 0 Å². The second kappa shape index (κ2) is 3.42. The summed E-state index contributed by atoms with van der Waals surface area (Å²) >= 11 is 3.27. The van der Waals surface area contributed by atoms with E-state index in [2.05, 4.69) is 20.9 Å². The summed E-state index contributed by atoms with van der Waals surface area (Å²) in [6, 6.07) is 3.28. The molecule has 0 radical (unpaired) electrons. The van der Waals surface area contributed by atoms with Crippen molar-refractivity contribution < 1.29 is 9.18 Å². The standard InChI is InChI=1S/C12H9BrFNO/c13-6-4-8-7-2-1-3-10(16)12(7)15-11(8)9(14)5-6/h4-5,15H,1-3H2. The van der Waals surface area contributed by atoms with Gasteiger partial charge in [-0.05, 0) is 30.5 Å². The number of aryl methyl sites for hydroxylation is 1. The summed E-state index contributed by atoms with van der Waals surface area (Å²) in [7, 11) is 0. The summed E-state index contributed by atoms with van der Waals surface area (Å²) in [4.78, 5) is 14.6. The molecule has 1 aliphatic rings. The number of aromatic amines is 1. The third kappa shape index (κ3) is 1.33. The van der Waals surface area contributed by atoms with Gasteiger partial charge in [0, 0.05) is 16.3 Å². The summed E-state index contributed by atoms with van der Waals surface area (Å²) in [5.74, 6) is -0.223. The smallest absolute Gasteiger partial charge is 0.179 e. The number of H-pyrrole nitrogens is 1. The van der Waals surface area contributed by atoms with Crippen molar-refractivity contribution in [2.75, 3.05) is 0 Å². The van der Waals surface area contributed by atoms with Crippen LogP contribution in [-0.4, -0.2) is 10.8 Å². The van der Waals surface area contributed by atoms with Gasteiger partial charge in [-0.25, -0.2) is 4.39 Å². The fourth-order valence-electron chi connectivity index (χ4n) is 2.32. The minimum atomic E-state index is -0.313. The average molecular weight is 282 g/mol. The van der Waals surface area contributed by atoms with Crippen LogP contribution in [0.3, 0.4) is 0 Å². The lowest BCUT2D eigenvalue weighted by molar-refractivity contribution is 0.0968. The van der Waals surface area contributed by atoms with E-state index in [4.69, 9.17) is 0 Å². The Kier molecular flexibility index (Phi) is 2.14. The number of hydrogen-bond donors (Lipinski definition) is 1. The second-order valence-electron chi connectivity index (χ2n) is 4.07. The Bertz CT molecular complexity index is 603. The molecule has 2 nitrogen and oxygen atoms in total. The molecule has 82 valence electrons. The van der Waals surface area contributed by atoms with Gasteiger partial charge in [-0.3, -0.25) is 4.79 Å². The molecule has 0 atom stereocenters. The first kappa shape index (κ1) is 10.0. The van der Waals surface area contributed by atoms with Crippen LogP contribution < -0.4 is 0 Å². The molecule has 2 aromatic rings. The number of halogens is 2. The van der Waals surface area contributed by atoms with Crippen molar-refractivity contribution in [2.24, 2.45) is 0 Å². The van der Waals surface area contributed by atoms with Crippen molar-refractivity contribution in [3.8, 4) is 0 Å². The van der Waals surface area contributed by atoms with E-state index in [9.17, 15) is 9.18 Å². The first-order valence-corrected chi connectivity index (χ1v) is 5.99. The minimum absolute atomic E-state index is 0.0907. The molecule has 0 saturated carbocycles. The number of benzene rings is 1. The third-order valence-corrected chi connectivity index (χ3v) is 3.50. The highest BCUT2D eigenvalue weighted by molar-refractivity contribution is 9.10. The maximum Gasteiger partial charge on any atom is 0.179 e. The van der Waals surface area contributed by atoms with Gasteiger partial charge in [0.2, 0.25) is 0 Å². The van der Waals surface area contributed by atoms with Crippen LogP contribution >= 0.6 is 15.9 Å². The number of nitrogens with one attached hydrogen (secondary N) is 1. The van der Waals surface area contributed by atoms with Gasteiger partial charge < -0.3 is 4.98 Å². The number of hydrogen-bond acceptors (Lipinski definition) is 1. The van der Waals surface area contributed by atoms with Gasteiger partial charge in [-0.15, -0.1) is 0 Å². The molecule has 0 amide bonds. The predicted molar refractivity (Wildman–Crippen MR) is 63.2 cm³/mol. The van der Waals surface area contributed by atoms with Crippen LogP contribution in [0, 0.1) is 5.82 Å². The van der Waals surface area contributed by atoms with Gasteiger partial charge in [0.1, 0.15) is 5.82 Å². The Morgan fingerprint density at radius 2 is 2.12 bits per heavy atom. The van der Waals surface area contributed by atoms with Gasteiger partial charge in [0.25, 0.3) is 0 Å². The SMILES string of the molecule is O=C1CCCc2c1[nH]c1c(F)cc(Br)cc21. The molecular weight excluding hydrogens is 273 g/mol. The van der Waals surface area contributed by atoms with Gasteiger partial charge in [-0.1, -0.05) is 15.9 Å². The number of carbonyl (C=O) groups excluding carboxylic acids is 1. The van der Waals surface area contributed by atoms with Gasteiger partial charge in [-0.2, -0.15) is 0 Å². The van der Waals surface area contributed by atoms with E-state index in [0.717, 1.165) is 23.8 Å². The van der Waals surface area contributed by atoms with Crippen molar-refractivity contribution in [1.82, 2.24) is 4.98 Å². The van der Waals surface area contributed by atoms with Crippen LogP contribution in [-0.2, 0) is 6.42 Å². The average Bonchev–Trinajstić information content (AvgIpc) is 2.59. The zero-order chi connectivity index (χ0) is 11.3. The molecule has 1 heterocycles. The number of rotatable bonds is 0. The monoisotopic (exact) mass is 281 g/mol. The normalized spacial score (nSPS) is 15.5. The number of Topliss-reactive ketones (excluding diaryl/α,β-unsaturated/α-hetero) is 1. The molecule has 1 aromatic heterocycles. The molecule has 0 saturated heterocycles. The summed E-state index contributed by atoms with van der Waals surface area (Å²) in [6.45, 7) is 0. The number of carbonyl (C=O) groups is 1. The Morgan fingerprint density at radius 1 is 1.31 bits per heavy atom. The molecule has 3 rings (SSSR count). The molecule has 0 spiro atoms. The van der Waals surface area contributed by atoms with E-state index in [1.807, 2.05) is 6.07 Å². The van der Waals surface area contributed by atoms with Crippen molar-refractivity contribution in [2.45, 2.75) is 19.3 Å². The van der Waals surface area contributed by atoms with Crippen LogP contribution in [0.15, 0.2) is 16.6 Å². The molecule has 0 bridgehead atoms. The van der Waals surface area contributed by atoms with Gasteiger partial charge in [0.05, 0.1) is 11.2 Å². The molecule has 0 fully saturated rings. The fourth-order valence-corrected chi connectivity index (χ4v) is 2.75. The van der Waals surface area contributed by atoms with Gasteiger partial charge >= 0.3 is 0 Å². The van der Waals surface area contributed by atoms with Crippen LogP contribution in [0.4, 0.5) is 4.39 Å². The summed E-state index contributed by atoms with van der Waals surface area (Å²) in [6.07, 6.45) is 2.26. The largest absolute Gasteiger partial charge is 0.349 e. The van der Waals surface area contributed by atoms with Crippen molar-refractivity contribution in [3.05, 3.63) is 33.7 Å². The third-order valence-electron chi connectivity index (χ3n) is 3.04. The van der Waals surface area contributed by atoms with E-state index in [1.54, 1.807) is 0 Å². The quantitative estimate of drug-likeness (QED) is 0.787. The van der Waals surface area contributed by atoms with E-state index in [1.165, 1.54) is 6.07 Å². The topological polar surface area (TPSA) is 32.9 Å². The molecule has 16 heavy (non-hydrogen) atoms. The fraction of sp³-hybridized carbons (Fsp3) is 0.250. The lowest BCUT2D eigenvalue weighted by Gasteiger charge is -2.09. The molecule has 0 aliphatic heterocycles. The lowest BCUT2D eigenvalue weighted by atomic mass is 9.95. The molecule has 1 N–H and O–H groups in total. The minimum Gasteiger partial charge on any atom is -0.349 e. The Labute approximate surface area is 100.0 Å². The van der Waals surface area contributed by atoms with Gasteiger partial charge in [0.15, 0.2) is 5.78 Å². The maximum absolute atomic E-state index is 13.7. The zero-order valence-corrected chi connectivity index (χ0v) is 10.0. The predicted octanol–water partition coefficient (Wildman–Crippen LogP) is 3.59. The Morgan fingerprint density at radius 3 is 2.94 bits per heavy atom. The molecule has 1 aliphatic carbocycles. The highest BCUT2D eigenvalue weighted by Gasteiger charge is 2.23. The molecule has 4 heteroatoms. The highest BCUT2D eigenvalue weighted by atomic mass is 79.9.